The Hall–Kier alpha value is -2.82. The molecular weight excluding hydrogens is 298 g/mol. The fourth-order valence-corrected chi connectivity index (χ4v) is 3.44. The van der Waals surface area contributed by atoms with Crippen molar-refractivity contribution in [1.29, 1.82) is 0 Å². The normalized spacial score (nSPS) is 14.9. The Labute approximate surface area is 141 Å². The Morgan fingerprint density at radius 2 is 1.58 bits per heavy atom. The molecule has 2 aromatic carbocycles. The van der Waals surface area contributed by atoms with Crippen molar-refractivity contribution in [3.63, 3.8) is 0 Å². The van der Waals surface area contributed by atoms with Crippen molar-refractivity contribution < 1.29 is 0 Å². The van der Waals surface area contributed by atoms with Crippen LogP contribution in [-0.2, 0) is 0 Å². The van der Waals surface area contributed by atoms with Gasteiger partial charge in [0.05, 0.1) is 5.56 Å². The van der Waals surface area contributed by atoms with Crippen LogP contribution in [0, 0.1) is 0 Å². The van der Waals surface area contributed by atoms with Gasteiger partial charge in [-0.1, -0.05) is 36.4 Å². The lowest BCUT2D eigenvalue weighted by Crippen LogP contribution is -2.31. The molecule has 0 aliphatic carbocycles. The Kier molecular flexibility index (Phi) is 3.69. The largest absolute Gasteiger partial charge is 0.383 e. The van der Waals surface area contributed by atoms with E-state index in [1.54, 1.807) is 0 Å². The second kappa shape index (κ2) is 6.00. The number of rotatable bonds is 2. The SMILES string of the molecule is Nc1nc(N)c(-c2ccc3ccccc3c2)c(N2CCCCC2)n1. The van der Waals surface area contributed by atoms with Gasteiger partial charge in [-0.3, -0.25) is 0 Å². The summed E-state index contributed by atoms with van der Waals surface area (Å²) in [5, 5.41) is 2.38. The molecule has 4 rings (SSSR count). The van der Waals surface area contributed by atoms with Gasteiger partial charge in [0.1, 0.15) is 11.6 Å². The summed E-state index contributed by atoms with van der Waals surface area (Å²) in [6, 6.07) is 14.6. The van der Waals surface area contributed by atoms with Gasteiger partial charge < -0.3 is 16.4 Å². The fourth-order valence-electron chi connectivity index (χ4n) is 3.44. The van der Waals surface area contributed by atoms with Crippen LogP contribution < -0.4 is 16.4 Å². The Bertz CT molecular complexity index is 884. The summed E-state index contributed by atoms with van der Waals surface area (Å²) in [5.74, 6) is 1.53. The molecule has 1 aromatic heterocycles. The first-order valence-electron chi connectivity index (χ1n) is 8.39. The average molecular weight is 319 g/mol. The molecule has 1 aliphatic heterocycles. The Balaban J connectivity index is 1.88. The van der Waals surface area contributed by atoms with E-state index in [-0.39, 0.29) is 5.95 Å². The summed E-state index contributed by atoms with van der Waals surface area (Å²) >= 11 is 0. The highest BCUT2D eigenvalue weighted by Crippen LogP contribution is 2.36. The van der Waals surface area contributed by atoms with Gasteiger partial charge in [-0.25, -0.2) is 0 Å². The second-order valence-electron chi connectivity index (χ2n) is 6.28. The third kappa shape index (κ3) is 2.62. The maximum atomic E-state index is 6.25. The van der Waals surface area contributed by atoms with Crippen LogP contribution in [0.2, 0.25) is 0 Å². The van der Waals surface area contributed by atoms with E-state index in [9.17, 15) is 0 Å². The van der Waals surface area contributed by atoms with Gasteiger partial charge in [0.25, 0.3) is 0 Å². The molecule has 1 aliphatic rings. The van der Waals surface area contributed by atoms with Gasteiger partial charge in [0, 0.05) is 13.1 Å². The van der Waals surface area contributed by atoms with Gasteiger partial charge in [0.15, 0.2) is 0 Å². The third-order valence-corrected chi connectivity index (χ3v) is 4.63. The van der Waals surface area contributed by atoms with Crippen LogP contribution in [0.5, 0.6) is 0 Å². The molecule has 1 fully saturated rings. The van der Waals surface area contributed by atoms with Gasteiger partial charge in [0.2, 0.25) is 5.95 Å². The molecule has 0 spiro atoms. The number of piperidine rings is 1. The number of hydrogen-bond acceptors (Lipinski definition) is 5. The van der Waals surface area contributed by atoms with E-state index >= 15 is 0 Å². The van der Waals surface area contributed by atoms with Gasteiger partial charge in [-0.15, -0.1) is 0 Å². The molecule has 2 heterocycles. The molecule has 122 valence electrons. The maximum absolute atomic E-state index is 6.25. The standard InChI is InChI=1S/C19H21N5/c20-17-16(15-9-8-13-6-2-3-7-14(13)12-15)18(23-19(21)22-17)24-10-4-1-5-11-24/h2-3,6-9,12H,1,4-5,10-11H2,(H4,20,21,22,23). The van der Waals surface area contributed by atoms with Crippen LogP contribution >= 0.6 is 0 Å². The molecule has 24 heavy (non-hydrogen) atoms. The quantitative estimate of drug-likeness (QED) is 0.756. The molecule has 0 amide bonds. The van der Waals surface area contributed by atoms with Crippen molar-refractivity contribution >= 4 is 28.4 Å². The Morgan fingerprint density at radius 3 is 2.38 bits per heavy atom. The molecule has 0 saturated carbocycles. The fraction of sp³-hybridized carbons (Fsp3) is 0.263. The van der Waals surface area contributed by atoms with Crippen molar-refractivity contribution in [3.8, 4) is 11.1 Å². The smallest absolute Gasteiger partial charge is 0.223 e. The number of nitrogens with zero attached hydrogens (tertiary/aromatic N) is 3. The van der Waals surface area contributed by atoms with Gasteiger partial charge in [-0.05, 0) is 41.7 Å². The lowest BCUT2D eigenvalue weighted by Gasteiger charge is -2.30. The summed E-state index contributed by atoms with van der Waals surface area (Å²) < 4.78 is 0. The summed E-state index contributed by atoms with van der Waals surface area (Å²) in [4.78, 5) is 11.0. The van der Waals surface area contributed by atoms with Crippen molar-refractivity contribution in [2.75, 3.05) is 29.5 Å². The van der Waals surface area contributed by atoms with Crippen LogP contribution in [0.15, 0.2) is 42.5 Å². The summed E-state index contributed by atoms with van der Waals surface area (Å²) in [6.45, 7) is 1.97. The lowest BCUT2D eigenvalue weighted by molar-refractivity contribution is 0.574. The molecule has 0 unspecified atom stereocenters. The first-order chi connectivity index (χ1) is 11.7. The predicted octanol–water partition coefficient (Wildman–Crippen LogP) is 3.45. The zero-order chi connectivity index (χ0) is 16.5. The minimum Gasteiger partial charge on any atom is -0.383 e. The second-order valence-corrected chi connectivity index (χ2v) is 6.28. The first kappa shape index (κ1) is 14.8. The molecular formula is C19H21N5. The Morgan fingerprint density at radius 1 is 0.833 bits per heavy atom. The van der Waals surface area contributed by atoms with E-state index in [0.29, 0.717) is 5.82 Å². The molecule has 0 bridgehead atoms. The van der Waals surface area contributed by atoms with Crippen molar-refractivity contribution in [1.82, 2.24) is 9.97 Å². The number of benzene rings is 2. The maximum Gasteiger partial charge on any atom is 0.223 e. The number of nitrogens with two attached hydrogens (primary N) is 2. The van der Waals surface area contributed by atoms with Crippen molar-refractivity contribution in [3.05, 3.63) is 42.5 Å². The number of aromatic nitrogens is 2. The molecule has 0 radical (unpaired) electrons. The van der Waals surface area contributed by atoms with Crippen LogP contribution in [0.4, 0.5) is 17.6 Å². The number of nitrogen functional groups attached to an aromatic ring is 2. The van der Waals surface area contributed by atoms with E-state index in [4.69, 9.17) is 11.5 Å². The predicted molar refractivity (Wildman–Crippen MR) is 99.9 cm³/mol. The van der Waals surface area contributed by atoms with Crippen LogP contribution in [0.1, 0.15) is 19.3 Å². The van der Waals surface area contributed by atoms with Gasteiger partial charge >= 0.3 is 0 Å². The van der Waals surface area contributed by atoms with Crippen molar-refractivity contribution in [2.24, 2.45) is 0 Å². The van der Waals surface area contributed by atoms with E-state index in [1.165, 1.54) is 30.0 Å². The van der Waals surface area contributed by atoms with Crippen LogP contribution in [0.25, 0.3) is 21.9 Å². The summed E-state index contributed by atoms with van der Waals surface area (Å²) in [5.41, 5.74) is 14.0. The third-order valence-electron chi connectivity index (χ3n) is 4.63. The van der Waals surface area contributed by atoms with E-state index in [1.807, 2.05) is 12.1 Å². The van der Waals surface area contributed by atoms with E-state index < -0.39 is 0 Å². The topological polar surface area (TPSA) is 81.1 Å². The number of hydrogen-bond donors (Lipinski definition) is 2. The zero-order valence-electron chi connectivity index (χ0n) is 13.6. The van der Waals surface area contributed by atoms with E-state index in [0.717, 1.165) is 30.0 Å². The lowest BCUT2D eigenvalue weighted by atomic mass is 10.0. The highest BCUT2D eigenvalue weighted by molar-refractivity contribution is 5.92. The monoisotopic (exact) mass is 319 g/mol. The van der Waals surface area contributed by atoms with Crippen LogP contribution in [-0.4, -0.2) is 23.1 Å². The van der Waals surface area contributed by atoms with E-state index in [2.05, 4.69) is 45.2 Å². The first-order valence-corrected chi connectivity index (χ1v) is 8.39. The number of fused-ring (bicyclic) bond motifs is 1. The average Bonchev–Trinajstić information content (AvgIpc) is 2.61. The molecule has 4 N–H and O–H groups in total. The highest BCUT2D eigenvalue weighted by atomic mass is 15.2. The minimum atomic E-state index is 0.234. The zero-order valence-corrected chi connectivity index (χ0v) is 13.6. The summed E-state index contributed by atoms with van der Waals surface area (Å²) in [6.07, 6.45) is 3.60. The minimum absolute atomic E-state index is 0.234. The molecule has 0 atom stereocenters. The molecule has 1 saturated heterocycles. The highest BCUT2D eigenvalue weighted by Gasteiger charge is 2.21. The van der Waals surface area contributed by atoms with Gasteiger partial charge in [-0.2, -0.15) is 9.97 Å². The molecule has 3 aromatic rings. The molecule has 5 heteroatoms. The summed E-state index contributed by atoms with van der Waals surface area (Å²) in [7, 11) is 0. The van der Waals surface area contributed by atoms with Crippen LogP contribution in [0.3, 0.4) is 0 Å². The van der Waals surface area contributed by atoms with Crippen molar-refractivity contribution in [2.45, 2.75) is 19.3 Å². The number of anilines is 3. The molecule has 5 nitrogen and oxygen atoms in total.